The average molecular weight is 201 g/mol. The van der Waals surface area contributed by atoms with Gasteiger partial charge in [0.15, 0.2) is 0 Å². The molecule has 0 bridgehead atoms. The molecule has 0 radical (unpaired) electrons. The lowest BCUT2D eigenvalue weighted by atomic mass is 9.84. The first-order chi connectivity index (χ1) is 6.54. The van der Waals surface area contributed by atoms with Gasteiger partial charge in [-0.05, 0) is 46.1 Å². The first-order valence-corrected chi connectivity index (χ1v) is 5.56. The Hall–Kier alpha value is -0.120. The second-order valence-electron chi connectivity index (χ2n) is 4.95. The van der Waals surface area contributed by atoms with Crippen LogP contribution in [0.25, 0.3) is 0 Å². The van der Waals surface area contributed by atoms with Crippen LogP contribution >= 0.6 is 0 Å². The van der Waals surface area contributed by atoms with Gasteiger partial charge in [0.2, 0.25) is 0 Å². The molecular formula is C11H23NO2. The highest BCUT2D eigenvalue weighted by molar-refractivity contribution is 4.83. The molecule has 0 aromatic rings. The molecule has 1 rings (SSSR count). The summed E-state index contributed by atoms with van der Waals surface area (Å²) in [5.41, 5.74) is 0. The molecule has 0 aromatic carbocycles. The number of nitrogens with zero attached hydrogens (tertiary/aromatic N) is 1. The molecule has 3 heteroatoms. The van der Waals surface area contributed by atoms with E-state index in [4.69, 9.17) is 5.26 Å². The van der Waals surface area contributed by atoms with E-state index in [-0.39, 0.29) is 6.10 Å². The molecule has 0 heterocycles. The van der Waals surface area contributed by atoms with Crippen LogP contribution in [-0.4, -0.2) is 35.4 Å². The van der Waals surface area contributed by atoms with E-state index in [0.29, 0.717) is 18.0 Å². The molecule has 1 fully saturated rings. The minimum absolute atomic E-state index is 0.0324. The van der Waals surface area contributed by atoms with Crippen molar-refractivity contribution in [1.82, 2.24) is 4.90 Å². The van der Waals surface area contributed by atoms with Crippen LogP contribution in [0.4, 0.5) is 0 Å². The first-order valence-electron chi connectivity index (χ1n) is 5.56. The third-order valence-corrected chi connectivity index (χ3v) is 3.41. The molecule has 3 nitrogen and oxygen atoms in total. The Balaban J connectivity index is 2.52. The van der Waals surface area contributed by atoms with Gasteiger partial charge in [-0.1, -0.05) is 6.92 Å². The Kier molecular flexibility index (Phi) is 4.35. The van der Waals surface area contributed by atoms with Gasteiger partial charge in [0.1, 0.15) is 0 Å². The summed E-state index contributed by atoms with van der Waals surface area (Å²) in [6.45, 7) is 6.63. The summed E-state index contributed by atoms with van der Waals surface area (Å²) in [5.74, 6) is 0.645. The zero-order valence-corrected chi connectivity index (χ0v) is 9.73. The monoisotopic (exact) mass is 201 g/mol. The molecule has 1 aliphatic carbocycles. The van der Waals surface area contributed by atoms with Crippen molar-refractivity contribution in [1.29, 1.82) is 0 Å². The molecule has 0 aliphatic heterocycles. The lowest BCUT2D eigenvalue weighted by Gasteiger charge is -2.38. The van der Waals surface area contributed by atoms with Gasteiger partial charge >= 0.3 is 0 Å². The van der Waals surface area contributed by atoms with Crippen LogP contribution < -0.4 is 0 Å². The second-order valence-corrected chi connectivity index (χ2v) is 4.95. The topological polar surface area (TPSA) is 32.7 Å². The van der Waals surface area contributed by atoms with E-state index in [1.165, 1.54) is 6.42 Å². The van der Waals surface area contributed by atoms with Gasteiger partial charge in [-0.15, -0.1) is 0 Å². The zero-order valence-electron chi connectivity index (χ0n) is 9.73. The molecule has 0 spiro atoms. The second kappa shape index (κ2) is 5.10. The third-order valence-electron chi connectivity index (χ3n) is 3.41. The fourth-order valence-corrected chi connectivity index (χ4v) is 2.35. The van der Waals surface area contributed by atoms with E-state index in [1.54, 1.807) is 0 Å². The number of rotatable bonds is 3. The van der Waals surface area contributed by atoms with Crippen LogP contribution in [0.5, 0.6) is 0 Å². The smallest absolute Gasteiger partial charge is 0.0944 e. The van der Waals surface area contributed by atoms with Gasteiger partial charge in [-0.3, -0.25) is 5.26 Å². The first kappa shape index (κ1) is 12.0. The maximum absolute atomic E-state index is 8.73. The summed E-state index contributed by atoms with van der Waals surface area (Å²) in [7, 11) is 2.15. The Morgan fingerprint density at radius 3 is 2.43 bits per heavy atom. The maximum Gasteiger partial charge on any atom is 0.0944 e. The summed E-state index contributed by atoms with van der Waals surface area (Å²) in [6, 6.07) is 1.11. The van der Waals surface area contributed by atoms with E-state index in [1.807, 2.05) is 0 Å². The normalized spacial score (nSPS) is 34.1. The molecule has 1 aliphatic rings. The average Bonchev–Trinajstić information content (AvgIpc) is 2.15. The Bertz CT molecular complexity index is 173. The van der Waals surface area contributed by atoms with Crippen molar-refractivity contribution in [3.05, 3.63) is 0 Å². The highest BCUT2D eigenvalue weighted by atomic mass is 17.1. The molecule has 0 saturated heterocycles. The fourth-order valence-electron chi connectivity index (χ4n) is 2.35. The van der Waals surface area contributed by atoms with Gasteiger partial charge < -0.3 is 4.90 Å². The summed E-state index contributed by atoms with van der Waals surface area (Å²) in [6.07, 6.45) is 3.19. The molecule has 0 aromatic heterocycles. The molecule has 1 saturated carbocycles. The van der Waals surface area contributed by atoms with Gasteiger partial charge in [0, 0.05) is 12.1 Å². The van der Waals surface area contributed by atoms with E-state index in [9.17, 15) is 0 Å². The van der Waals surface area contributed by atoms with Crippen molar-refractivity contribution in [3.63, 3.8) is 0 Å². The Morgan fingerprint density at radius 2 is 1.93 bits per heavy atom. The third kappa shape index (κ3) is 2.94. The largest absolute Gasteiger partial charge is 0.301 e. The molecule has 3 unspecified atom stereocenters. The predicted octanol–water partition coefficient (Wildman–Crippen LogP) is 2.37. The predicted molar refractivity (Wildman–Crippen MR) is 57.2 cm³/mol. The standard InChI is InChI=1S/C11H23NO2/c1-8(2)12(4)10-5-9(3)6-11(7-10)14-13/h8-11,13H,5-7H2,1-4H3. The van der Waals surface area contributed by atoms with Crippen LogP contribution in [0.15, 0.2) is 0 Å². The van der Waals surface area contributed by atoms with Crippen molar-refractivity contribution in [2.24, 2.45) is 5.92 Å². The number of hydrogen-bond donors (Lipinski definition) is 1. The fraction of sp³-hybridized carbons (Fsp3) is 1.00. The van der Waals surface area contributed by atoms with E-state index < -0.39 is 0 Å². The quantitative estimate of drug-likeness (QED) is 0.562. The molecule has 84 valence electrons. The van der Waals surface area contributed by atoms with Crippen molar-refractivity contribution in [3.8, 4) is 0 Å². The summed E-state index contributed by atoms with van der Waals surface area (Å²) in [4.78, 5) is 6.87. The van der Waals surface area contributed by atoms with Crippen molar-refractivity contribution >= 4 is 0 Å². The highest BCUT2D eigenvalue weighted by Gasteiger charge is 2.30. The van der Waals surface area contributed by atoms with Crippen molar-refractivity contribution in [2.45, 2.75) is 58.2 Å². The summed E-state index contributed by atoms with van der Waals surface area (Å²) < 4.78 is 0. The van der Waals surface area contributed by atoms with Crippen LogP contribution in [0.1, 0.15) is 40.0 Å². The lowest BCUT2D eigenvalue weighted by molar-refractivity contribution is -0.289. The number of hydrogen-bond acceptors (Lipinski definition) is 3. The van der Waals surface area contributed by atoms with Gasteiger partial charge in [-0.25, -0.2) is 4.89 Å². The lowest BCUT2D eigenvalue weighted by Crippen LogP contribution is -2.43. The molecule has 14 heavy (non-hydrogen) atoms. The Labute approximate surface area is 87.0 Å². The van der Waals surface area contributed by atoms with E-state index in [2.05, 4.69) is 37.6 Å². The molecule has 1 N–H and O–H groups in total. The summed E-state index contributed by atoms with van der Waals surface area (Å²) >= 11 is 0. The van der Waals surface area contributed by atoms with E-state index >= 15 is 0 Å². The van der Waals surface area contributed by atoms with Crippen molar-refractivity contribution in [2.75, 3.05) is 7.05 Å². The summed E-state index contributed by atoms with van der Waals surface area (Å²) in [5, 5.41) is 8.73. The van der Waals surface area contributed by atoms with Crippen LogP contribution in [-0.2, 0) is 4.89 Å². The molecule has 0 amide bonds. The van der Waals surface area contributed by atoms with Crippen molar-refractivity contribution < 1.29 is 10.1 Å². The van der Waals surface area contributed by atoms with E-state index in [0.717, 1.165) is 12.8 Å². The van der Waals surface area contributed by atoms with Gasteiger partial charge in [0.05, 0.1) is 6.10 Å². The Morgan fingerprint density at radius 1 is 1.29 bits per heavy atom. The van der Waals surface area contributed by atoms with Gasteiger partial charge in [0.25, 0.3) is 0 Å². The maximum atomic E-state index is 8.73. The molecule has 3 atom stereocenters. The minimum atomic E-state index is 0.0324. The van der Waals surface area contributed by atoms with Crippen LogP contribution in [0, 0.1) is 5.92 Å². The molecular weight excluding hydrogens is 178 g/mol. The minimum Gasteiger partial charge on any atom is -0.301 e. The van der Waals surface area contributed by atoms with Crippen LogP contribution in [0.2, 0.25) is 0 Å². The highest BCUT2D eigenvalue weighted by Crippen LogP contribution is 2.29. The SMILES string of the molecule is CC1CC(OO)CC(N(C)C(C)C)C1. The van der Waals surface area contributed by atoms with Gasteiger partial charge in [-0.2, -0.15) is 0 Å². The zero-order chi connectivity index (χ0) is 10.7. The van der Waals surface area contributed by atoms with Crippen LogP contribution in [0.3, 0.4) is 0 Å².